The summed E-state index contributed by atoms with van der Waals surface area (Å²) in [7, 11) is -5.54. The molecule has 24 heavy (non-hydrogen) atoms. The Hall–Kier alpha value is -1.66. The predicted molar refractivity (Wildman–Crippen MR) is 77.2 cm³/mol. The van der Waals surface area contributed by atoms with E-state index in [1.165, 1.54) is 4.72 Å². The molecule has 0 fully saturated rings. The van der Waals surface area contributed by atoms with Crippen molar-refractivity contribution in [3.05, 3.63) is 34.3 Å². The van der Waals surface area contributed by atoms with Crippen molar-refractivity contribution in [2.45, 2.75) is 11.9 Å². The van der Waals surface area contributed by atoms with E-state index in [-0.39, 0.29) is 16.6 Å². The van der Waals surface area contributed by atoms with E-state index < -0.39 is 32.0 Å². The zero-order valence-electron chi connectivity index (χ0n) is 11.1. The van der Waals surface area contributed by atoms with Crippen LogP contribution in [0.25, 0.3) is 0 Å². The molecule has 0 bridgehead atoms. The molecule has 0 saturated carbocycles. The van der Waals surface area contributed by atoms with Crippen LogP contribution < -0.4 is 9.46 Å². The molecule has 0 saturated heterocycles. The van der Waals surface area contributed by atoms with Gasteiger partial charge in [0, 0.05) is 5.69 Å². The number of thiazole rings is 1. The molecule has 0 amide bonds. The number of nitrogens with one attached hydrogen (secondary N) is 1. The topological polar surface area (TPSA) is 68.3 Å². The maximum atomic E-state index is 12.6. The zero-order chi connectivity index (χ0) is 18.1. The summed E-state index contributed by atoms with van der Waals surface area (Å²) in [5.74, 6) is 0.0381. The van der Waals surface area contributed by atoms with Crippen molar-refractivity contribution >= 4 is 38.6 Å². The fourth-order valence-electron chi connectivity index (χ4n) is 1.38. The largest absolute Gasteiger partial charge is 0.516 e. The third kappa shape index (κ3) is 4.24. The molecule has 0 aliphatic heterocycles. The van der Waals surface area contributed by atoms with E-state index in [1.807, 2.05) is 0 Å². The van der Waals surface area contributed by atoms with Gasteiger partial charge in [0.15, 0.2) is 5.15 Å². The second-order valence-electron chi connectivity index (χ2n) is 4.11. The third-order valence-electron chi connectivity index (χ3n) is 2.40. The van der Waals surface area contributed by atoms with E-state index in [1.54, 1.807) is 0 Å². The van der Waals surface area contributed by atoms with Gasteiger partial charge in [-0.1, -0.05) is 22.9 Å². The quantitative estimate of drug-likeness (QED) is 0.722. The highest BCUT2D eigenvalue weighted by Crippen LogP contribution is 2.38. The average molecular weight is 409 g/mol. The van der Waals surface area contributed by atoms with Gasteiger partial charge < -0.3 is 4.74 Å². The molecule has 0 atom stereocenters. The van der Waals surface area contributed by atoms with Gasteiger partial charge >= 0.3 is 15.5 Å². The Kier molecular flexibility index (Phi) is 5.20. The highest BCUT2D eigenvalue weighted by Gasteiger charge is 2.46. The molecule has 1 heterocycles. The molecule has 5 nitrogen and oxygen atoms in total. The van der Waals surface area contributed by atoms with Crippen LogP contribution in [0.1, 0.15) is 11.3 Å². The van der Waals surface area contributed by atoms with Crippen molar-refractivity contribution in [2.75, 3.05) is 4.72 Å². The maximum absolute atomic E-state index is 12.6. The average Bonchev–Trinajstić information content (AvgIpc) is 2.80. The Morgan fingerprint density at radius 2 is 1.79 bits per heavy atom. The number of benzene rings is 1. The van der Waals surface area contributed by atoms with Crippen LogP contribution in [0.2, 0.25) is 5.15 Å². The number of hydrogen-bond donors (Lipinski definition) is 1. The third-order valence-corrected chi connectivity index (χ3v) is 4.86. The van der Waals surface area contributed by atoms with Gasteiger partial charge in [0.1, 0.15) is 10.6 Å². The first-order valence-corrected chi connectivity index (χ1v) is 8.49. The van der Waals surface area contributed by atoms with Crippen molar-refractivity contribution in [3.8, 4) is 10.9 Å². The van der Waals surface area contributed by atoms with Crippen LogP contribution in [0.15, 0.2) is 24.3 Å². The van der Waals surface area contributed by atoms with Gasteiger partial charge in [0.25, 0.3) is 11.6 Å². The molecule has 0 spiro atoms. The van der Waals surface area contributed by atoms with E-state index in [0.717, 1.165) is 24.3 Å². The molecule has 2 aromatic rings. The molecule has 0 aliphatic carbocycles. The van der Waals surface area contributed by atoms with Crippen molar-refractivity contribution in [1.29, 1.82) is 0 Å². The molecule has 0 unspecified atom stereocenters. The van der Waals surface area contributed by atoms with E-state index >= 15 is 0 Å². The first-order valence-electron chi connectivity index (χ1n) is 5.81. The number of alkyl halides is 5. The smallest absolute Gasteiger partial charge is 0.431 e. The lowest BCUT2D eigenvalue weighted by atomic mass is 10.3. The summed E-state index contributed by atoms with van der Waals surface area (Å²) >= 11 is 6.01. The number of aromatic nitrogens is 1. The van der Waals surface area contributed by atoms with Gasteiger partial charge in [-0.15, -0.1) is 0 Å². The molecule has 132 valence electrons. The highest BCUT2D eigenvalue weighted by atomic mass is 35.5. The van der Waals surface area contributed by atoms with Gasteiger partial charge in [-0.25, -0.2) is 8.78 Å². The predicted octanol–water partition coefficient (Wildman–Crippen LogP) is 4.79. The van der Waals surface area contributed by atoms with Crippen LogP contribution >= 0.6 is 22.9 Å². The Bertz CT molecular complexity index is 821. The molecular weight excluding hydrogens is 403 g/mol. The Balaban J connectivity index is 2.12. The molecule has 13 heteroatoms. The van der Waals surface area contributed by atoms with Crippen molar-refractivity contribution < 1.29 is 35.1 Å². The minimum Gasteiger partial charge on any atom is -0.431 e. The summed E-state index contributed by atoms with van der Waals surface area (Å²) in [6.45, 7) is 0. The molecule has 0 radical (unpaired) electrons. The standard InChI is InChI=1S/C11H6ClF5N2O3S2/c12-8-7(9(13)14)23-10(18-8)22-6-3-1-5(2-4-6)19-24(20,21)11(15,16)17/h1-4,9,19H. The minimum atomic E-state index is -5.54. The SMILES string of the molecule is O=S(=O)(Nc1ccc(Oc2nc(Cl)c(C(F)F)s2)cc1)C(F)(F)F. The molecule has 0 aliphatic rings. The zero-order valence-corrected chi connectivity index (χ0v) is 13.5. The van der Waals surface area contributed by atoms with E-state index in [0.29, 0.717) is 11.3 Å². The maximum Gasteiger partial charge on any atom is 0.516 e. The number of ether oxygens (including phenoxy) is 1. The van der Waals surface area contributed by atoms with Crippen LogP contribution in [0.3, 0.4) is 0 Å². The lowest BCUT2D eigenvalue weighted by molar-refractivity contribution is -0.0429. The first-order chi connectivity index (χ1) is 11.0. The number of nitrogens with zero attached hydrogens (tertiary/aromatic N) is 1. The Morgan fingerprint density at radius 3 is 2.25 bits per heavy atom. The Morgan fingerprint density at radius 1 is 1.21 bits per heavy atom. The van der Waals surface area contributed by atoms with Crippen LogP contribution in [0.4, 0.5) is 27.6 Å². The van der Waals surface area contributed by atoms with Gasteiger partial charge in [0.2, 0.25) is 0 Å². The van der Waals surface area contributed by atoms with Crippen LogP contribution in [-0.2, 0) is 10.0 Å². The normalized spacial score (nSPS) is 12.5. The number of rotatable bonds is 5. The number of hydrogen-bond acceptors (Lipinski definition) is 5. The van der Waals surface area contributed by atoms with Crippen LogP contribution in [0, 0.1) is 0 Å². The summed E-state index contributed by atoms with van der Waals surface area (Å²) in [6, 6.07) is 4.26. The second-order valence-corrected chi connectivity index (χ2v) is 7.14. The molecule has 1 aromatic carbocycles. The van der Waals surface area contributed by atoms with E-state index in [4.69, 9.17) is 16.3 Å². The van der Waals surface area contributed by atoms with Crippen molar-refractivity contribution in [1.82, 2.24) is 4.98 Å². The lowest BCUT2D eigenvalue weighted by Crippen LogP contribution is -2.29. The lowest BCUT2D eigenvalue weighted by Gasteiger charge is -2.10. The number of halogens is 6. The summed E-state index contributed by atoms with van der Waals surface area (Å²) < 4.78 is 90.2. The van der Waals surface area contributed by atoms with Crippen LogP contribution in [0.5, 0.6) is 10.9 Å². The summed E-state index contributed by atoms with van der Waals surface area (Å²) in [6.07, 6.45) is -2.83. The summed E-state index contributed by atoms with van der Waals surface area (Å²) in [5, 5.41) is -0.613. The molecular formula is C11H6ClF5N2O3S2. The fourth-order valence-corrected chi connectivity index (χ4v) is 2.95. The van der Waals surface area contributed by atoms with Gasteiger partial charge in [-0.3, -0.25) is 4.72 Å². The van der Waals surface area contributed by atoms with Crippen LogP contribution in [-0.4, -0.2) is 18.9 Å². The van der Waals surface area contributed by atoms with Gasteiger partial charge in [-0.05, 0) is 24.3 Å². The Labute approximate surface area is 141 Å². The van der Waals surface area contributed by atoms with Gasteiger partial charge in [-0.2, -0.15) is 26.6 Å². The number of sulfonamides is 1. The second kappa shape index (κ2) is 6.69. The summed E-state index contributed by atoms with van der Waals surface area (Å²) in [4.78, 5) is 3.08. The molecule has 2 rings (SSSR count). The molecule has 1 aromatic heterocycles. The monoisotopic (exact) mass is 408 g/mol. The number of anilines is 1. The minimum absolute atomic E-state index is 0.0381. The van der Waals surface area contributed by atoms with E-state index in [9.17, 15) is 30.4 Å². The highest BCUT2D eigenvalue weighted by molar-refractivity contribution is 7.93. The van der Waals surface area contributed by atoms with E-state index in [2.05, 4.69) is 4.98 Å². The first kappa shape index (κ1) is 18.7. The fraction of sp³-hybridized carbons (Fsp3) is 0.182. The van der Waals surface area contributed by atoms with Crippen molar-refractivity contribution in [3.63, 3.8) is 0 Å². The van der Waals surface area contributed by atoms with Gasteiger partial charge in [0.05, 0.1) is 0 Å². The summed E-state index contributed by atoms with van der Waals surface area (Å²) in [5.41, 5.74) is -5.81. The molecule has 1 N–H and O–H groups in total. The van der Waals surface area contributed by atoms with Crippen molar-refractivity contribution in [2.24, 2.45) is 0 Å².